The average Bonchev–Trinajstić information content (AvgIpc) is 3.14. The van der Waals surface area contributed by atoms with Crippen LogP contribution in [-0.4, -0.2) is 60.0 Å². The zero-order valence-corrected chi connectivity index (χ0v) is 18.7. The van der Waals surface area contributed by atoms with Crippen molar-refractivity contribution in [2.45, 2.75) is 33.1 Å². The molecule has 1 aromatic heterocycles. The van der Waals surface area contributed by atoms with Gasteiger partial charge in [0, 0.05) is 43.7 Å². The fraction of sp³-hybridized carbons (Fsp3) is 0.435. The highest BCUT2D eigenvalue weighted by atomic mass is 35.5. The van der Waals surface area contributed by atoms with Gasteiger partial charge in [0.25, 0.3) is 11.8 Å². The summed E-state index contributed by atoms with van der Waals surface area (Å²) in [4.78, 5) is 29.8. The lowest BCUT2D eigenvalue weighted by Crippen LogP contribution is -2.48. The summed E-state index contributed by atoms with van der Waals surface area (Å²) in [6.45, 7) is 8.18. The van der Waals surface area contributed by atoms with Crippen molar-refractivity contribution in [2.24, 2.45) is 5.10 Å². The number of likely N-dealkylation sites (N-methyl/N-ethyl adjacent to an activating group) is 1. The summed E-state index contributed by atoms with van der Waals surface area (Å²) in [6, 6.07) is 6.85. The second kappa shape index (κ2) is 9.24. The Morgan fingerprint density at radius 1 is 1.16 bits per heavy atom. The fourth-order valence-corrected chi connectivity index (χ4v) is 4.44. The number of piperazine rings is 1. The van der Waals surface area contributed by atoms with E-state index in [0.717, 1.165) is 55.1 Å². The molecule has 4 rings (SSSR count). The number of fused-ring (bicyclic) bond motifs is 1. The van der Waals surface area contributed by atoms with Crippen molar-refractivity contribution in [3.8, 4) is 0 Å². The van der Waals surface area contributed by atoms with Gasteiger partial charge < -0.3 is 14.2 Å². The molecule has 1 fully saturated rings. The monoisotopic (exact) mass is 442 g/mol. The van der Waals surface area contributed by atoms with Crippen molar-refractivity contribution in [3.05, 3.63) is 57.5 Å². The largest absolute Gasteiger partial charge is 0.455 e. The van der Waals surface area contributed by atoms with E-state index in [0.29, 0.717) is 35.9 Å². The predicted molar refractivity (Wildman–Crippen MR) is 120 cm³/mol. The van der Waals surface area contributed by atoms with Gasteiger partial charge in [-0.25, -0.2) is 5.43 Å². The van der Waals surface area contributed by atoms with E-state index >= 15 is 0 Å². The standard InChI is InChI=1S/C23H27ClN4O3/c1-3-27-11-13-28(14-12-27)23(30)21-15(2)20-18(9-6-10-19(20)31-21)25-26-22(29)16-7-4-5-8-17(16)24/h4-5,7-8H,3,6,9-14H2,1-2H3,(H,26,29)/b25-18+. The van der Waals surface area contributed by atoms with E-state index in [9.17, 15) is 9.59 Å². The molecule has 0 bridgehead atoms. The highest BCUT2D eigenvalue weighted by Crippen LogP contribution is 2.31. The molecule has 2 amide bonds. The number of hydrazone groups is 1. The number of halogens is 1. The molecule has 0 saturated carbocycles. The molecular weight excluding hydrogens is 416 g/mol. The third-order valence-electron chi connectivity index (χ3n) is 6.04. The van der Waals surface area contributed by atoms with Gasteiger partial charge in [0.15, 0.2) is 5.76 Å². The maximum absolute atomic E-state index is 13.1. The molecular formula is C23H27ClN4O3. The SMILES string of the molecule is CCN1CCN(C(=O)c2oc3c(c2C)/C(=N/NC(=O)c2ccccc2Cl)CCC3)CC1. The Morgan fingerprint density at radius 3 is 2.61 bits per heavy atom. The zero-order chi connectivity index (χ0) is 22.0. The lowest BCUT2D eigenvalue weighted by molar-refractivity contribution is 0.0609. The molecule has 0 spiro atoms. The van der Waals surface area contributed by atoms with E-state index in [1.165, 1.54) is 0 Å². The van der Waals surface area contributed by atoms with Gasteiger partial charge in [-0.15, -0.1) is 0 Å². The van der Waals surface area contributed by atoms with Gasteiger partial charge in [0.05, 0.1) is 16.3 Å². The summed E-state index contributed by atoms with van der Waals surface area (Å²) < 4.78 is 6.03. The molecule has 0 atom stereocenters. The summed E-state index contributed by atoms with van der Waals surface area (Å²) in [5.74, 6) is 0.727. The number of nitrogens with one attached hydrogen (secondary N) is 1. The van der Waals surface area contributed by atoms with E-state index < -0.39 is 0 Å². The van der Waals surface area contributed by atoms with Crippen molar-refractivity contribution in [1.29, 1.82) is 0 Å². The van der Waals surface area contributed by atoms with Gasteiger partial charge in [-0.2, -0.15) is 5.10 Å². The first-order valence-electron chi connectivity index (χ1n) is 10.7. The lowest BCUT2D eigenvalue weighted by atomic mass is 9.93. The number of amides is 2. The maximum Gasteiger partial charge on any atom is 0.289 e. The number of hydrogen-bond donors (Lipinski definition) is 1. The summed E-state index contributed by atoms with van der Waals surface area (Å²) >= 11 is 6.11. The van der Waals surface area contributed by atoms with Gasteiger partial charge >= 0.3 is 0 Å². The fourth-order valence-electron chi connectivity index (χ4n) is 4.22. The first-order valence-corrected chi connectivity index (χ1v) is 11.1. The molecule has 1 aliphatic heterocycles. The summed E-state index contributed by atoms with van der Waals surface area (Å²) in [7, 11) is 0. The number of nitrogens with zero attached hydrogens (tertiary/aromatic N) is 3. The molecule has 7 nitrogen and oxygen atoms in total. The second-order valence-corrected chi connectivity index (χ2v) is 8.32. The van der Waals surface area contributed by atoms with Crippen LogP contribution in [0.5, 0.6) is 0 Å². The van der Waals surface area contributed by atoms with E-state index in [4.69, 9.17) is 16.0 Å². The highest BCUT2D eigenvalue weighted by Gasteiger charge is 2.31. The predicted octanol–water partition coefficient (Wildman–Crippen LogP) is 3.49. The average molecular weight is 443 g/mol. The molecule has 0 unspecified atom stereocenters. The van der Waals surface area contributed by atoms with Gasteiger partial charge in [-0.1, -0.05) is 30.7 Å². The Bertz CT molecular complexity index is 1020. The van der Waals surface area contributed by atoms with E-state index in [2.05, 4.69) is 22.4 Å². The molecule has 1 aromatic carbocycles. The van der Waals surface area contributed by atoms with Crippen molar-refractivity contribution < 1.29 is 14.0 Å². The summed E-state index contributed by atoms with van der Waals surface area (Å²) in [5, 5.41) is 4.75. The van der Waals surface area contributed by atoms with Crippen molar-refractivity contribution >= 4 is 29.1 Å². The van der Waals surface area contributed by atoms with Crippen LogP contribution in [0.4, 0.5) is 0 Å². The first kappa shape index (κ1) is 21.6. The zero-order valence-electron chi connectivity index (χ0n) is 17.9. The van der Waals surface area contributed by atoms with E-state index in [1.54, 1.807) is 24.3 Å². The number of benzene rings is 1. The minimum Gasteiger partial charge on any atom is -0.455 e. The number of furan rings is 1. The van der Waals surface area contributed by atoms with Crippen molar-refractivity contribution in [3.63, 3.8) is 0 Å². The number of rotatable bonds is 4. The minimum atomic E-state index is -0.364. The third kappa shape index (κ3) is 4.38. The highest BCUT2D eigenvalue weighted by molar-refractivity contribution is 6.33. The van der Waals surface area contributed by atoms with E-state index in [1.807, 2.05) is 11.8 Å². The summed E-state index contributed by atoms with van der Waals surface area (Å²) in [6.07, 6.45) is 2.31. The van der Waals surface area contributed by atoms with Crippen molar-refractivity contribution in [2.75, 3.05) is 32.7 Å². The van der Waals surface area contributed by atoms with Gasteiger partial charge in [-0.3, -0.25) is 9.59 Å². The molecule has 1 N–H and O–H groups in total. The normalized spacial score (nSPS) is 18.2. The van der Waals surface area contributed by atoms with Crippen LogP contribution in [0.3, 0.4) is 0 Å². The number of hydrogen-bond acceptors (Lipinski definition) is 5. The maximum atomic E-state index is 13.1. The topological polar surface area (TPSA) is 78.2 Å². The quantitative estimate of drug-likeness (QED) is 0.735. The molecule has 1 saturated heterocycles. The Labute approximate surface area is 187 Å². The molecule has 31 heavy (non-hydrogen) atoms. The van der Waals surface area contributed by atoms with Crippen LogP contribution >= 0.6 is 11.6 Å². The first-order chi connectivity index (χ1) is 15.0. The Morgan fingerprint density at radius 2 is 1.90 bits per heavy atom. The molecule has 0 radical (unpaired) electrons. The molecule has 164 valence electrons. The van der Waals surface area contributed by atoms with Crippen LogP contribution in [-0.2, 0) is 6.42 Å². The molecule has 1 aliphatic carbocycles. The van der Waals surface area contributed by atoms with Crippen LogP contribution in [0, 0.1) is 6.92 Å². The van der Waals surface area contributed by atoms with Crippen LogP contribution in [0.25, 0.3) is 0 Å². The van der Waals surface area contributed by atoms with Gasteiger partial charge in [0.1, 0.15) is 5.76 Å². The number of carbonyl (C=O) groups excluding carboxylic acids is 2. The molecule has 2 heterocycles. The number of carbonyl (C=O) groups is 2. The van der Waals surface area contributed by atoms with Gasteiger partial charge in [0.2, 0.25) is 0 Å². The second-order valence-electron chi connectivity index (χ2n) is 7.91. The third-order valence-corrected chi connectivity index (χ3v) is 6.37. The number of aryl methyl sites for hydroxylation is 1. The molecule has 2 aromatic rings. The smallest absolute Gasteiger partial charge is 0.289 e. The lowest BCUT2D eigenvalue weighted by Gasteiger charge is -2.33. The summed E-state index contributed by atoms with van der Waals surface area (Å²) in [5.41, 5.74) is 5.36. The van der Waals surface area contributed by atoms with Gasteiger partial charge in [-0.05, 0) is 38.4 Å². The minimum absolute atomic E-state index is 0.0675. The van der Waals surface area contributed by atoms with Crippen molar-refractivity contribution in [1.82, 2.24) is 15.2 Å². The Hall–Kier alpha value is -2.64. The Balaban J connectivity index is 1.54. The van der Waals surface area contributed by atoms with E-state index in [-0.39, 0.29) is 11.8 Å². The molecule has 2 aliphatic rings. The van der Waals surface area contributed by atoms with Crippen LogP contribution < -0.4 is 5.43 Å². The van der Waals surface area contributed by atoms with Crippen LogP contribution in [0.15, 0.2) is 33.8 Å². The van der Waals surface area contributed by atoms with Crippen LogP contribution in [0.2, 0.25) is 5.02 Å². The Kier molecular flexibility index (Phi) is 6.43. The molecule has 8 heteroatoms. The van der Waals surface area contributed by atoms with Crippen LogP contribution in [0.1, 0.15) is 57.6 Å².